The smallest absolute Gasteiger partial charge is 0.0793 e. The van der Waals surface area contributed by atoms with Gasteiger partial charge in [-0.3, -0.25) is 14.7 Å². The molecule has 0 aromatic rings. The number of nitrogens with zero attached hydrogens (tertiary/aromatic N) is 3. The average Bonchev–Trinajstić information content (AvgIpc) is 2.49. The highest BCUT2D eigenvalue weighted by Crippen LogP contribution is 2.20. The summed E-state index contributed by atoms with van der Waals surface area (Å²) in [5.41, 5.74) is -0.0640. The fourth-order valence-electron chi connectivity index (χ4n) is 3.11. The van der Waals surface area contributed by atoms with E-state index in [1.54, 1.807) is 0 Å². The Kier molecular flexibility index (Phi) is 7.25. The van der Waals surface area contributed by atoms with Gasteiger partial charge in [0, 0.05) is 58.9 Å². The Morgan fingerprint density at radius 3 is 1.70 bits per heavy atom. The minimum atomic E-state index is -0.292. The predicted octanol–water partition coefficient (Wildman–Crippen LogP) is -0.296. The molecule has 2 rings (SSSR count). The van der Waals surface area contributed by atoms with E-state index in [1.807, 2.05) is 0 Å². The van der Waals surface area contributed by atoms with Crippen LogP contribution >= 0.6 is 0 Å². The number of piperazine rings is 1. The van der Waals surface area contributed by atoms with Crippen LogP contribution in [0, 0.1) is 5.41 Å². The highest BCUT2D eigenvalue weighted by Gasteiger charge is 2.27. The molecule has 0 aliphatic carbocycles. The maximum absolute atomic E-state index is 10.3. The van der Waals surface area contributed by atoms with Gasteiger partial charge in [-0.2, -0.15) is 0 Å². The quantitative estimate of drug-likeness (QED) is 0.698. The maximum atomic E-state index is 10.3. The lowest BCUT2D eigenvalue weighted by Gasteiger charge is -2.39. The number of aliphatic hydroxyl groups excluding tert-OH is 2. The molecule has 2 saturated heterocycles. The fourth-order valence-corrected chi connectivity index (χ4v) is 3.11. The van der Waals surface area contributed by atoms with Crippen LogP contribution in [-0.4, -0.2) is 109 Å². The Labute approximate surface area is 141 Å². The first-order valence-electron chi connectivity index (χ1n) is 8.95. The molecule has 136 valence electrons. The summed E-state index contributed by atoms with van der Waals surface area (Å²) in [6.07, 6.45) is -0.583. The van der Waals surface area contributed by atoms with Crippen molar-refractivity contribution in [2.24, 2.45) is 5.41 Å². The molecule has 6 heteroatoms. The lowest BCUT2D eigenvalue weighted by molar-refractivity contribution is -0.00723. The summed E-state index contributed by atoms with van der Waals surface area (Å²) in [6.45, 7) is 15.8. The summed E-state index contributed by atoms with van der Waals surface area (Å²) in [6, 6.07) is 0. The van der Waals surface area contributed by atoms with Gasteiger partial charge in [0.25, 0.3) is 0 Å². The van der Waals surface area contributed by atoms with Crippen LogP contribution in [0.3, 0.4) is 0 Å². The monoisotopic (exact) mass is 329 g/mol. The summed E-state index contributed by atoms with van der Waals surface area (Å²) in [5.74, 6) is 0. The van der Waals surface area contributed by atoms with Gasteiger partial charge in [0.2, 0.25) is 0 Å². The van der Waals surface area contributed by atoms with Gasteiger partial charge in [-0.25, -0.2) is 0 Å². The van der Waals surface area contributed by atoms with Gasteiger partial charge in [-0.15, -0.1) is 0 Å². The van der Waals surface area contributed by atoms with E-state index in [9.17, 15) is 10.2 Å². The van der Waals surface area contributed by atoms with E-state index in [2.05, 4.69) is 35.5 Å². The summed E-state index contributed by atoms with van der Waals surface area (Å²) in [7, 11) is 0. The van der Waals surface area contributed by atoms with E-state index in [1.165, 1.54) is 0 Å². The number of morpholine rings is 1. The number of ether oxygens (including phenoxy) is 1. The third kappa shape index (κ3) is 6.64. The predicted molar refractivity (Wildman–Crippen MR) is 91.6 cm³/mol. The van der Waals surface area contributed by atoms with E-state index in [4.69, 9.17) is 4.74 Å². The number of hydrogen-bond donors (Lipinski definition) is 2. The van der Waals surface area contributed by atoms with Crippen molar-refractivity contribution >= 4 is 0 Å². The van der Waals surface area contributed by atoms with Gasteiger partial charge in [0.15, 0.2) is 0 Å². The number of aliphatic hydroxyl groups is 2. The molecule has 0 saturated carbocycles. The first kappa shape index (κ1) is 19.1. The lowest BCUT2D eigenvalue weighted by atomic mass is 9.89. The molecule has 2 heterocycles. The van der Waals surface area contributed by atoms with Gasteiger partial charge >= 0.3 is 0 Å². The molecule has 2 fully saturated rings. The van der Waals surface area contributed by atoms with Crippen molar-refractivity contribution in [2.75, 3.05) is 72.1 Å². The second-order valence-electron chi connectivity index (χ2n) is 8.05. The minimum absolute atomic E-state index is 0.0640. The van der Waals surface area contributed by atoms with Gasteiger partial charge < -0.3 is 14.9 Å². The van der Waals surface area contributed by atoms with Crippen molar-refractivity contribution < 1.29 is 14.9 Å². The van der Waals surface area contributed by atoms with Crippen LogP contribution in [0.25, 0.3) is 0 Å². The Morgan fingerprint density at radius 2 is 1.22 bits per heavy atom. The molecule has 0 aromatic heterocycles. The van der Waals surface area contributed by atoms with E-state index in [-0.39, 0.29) is 17.6 Å². The summed E-state index contributed by atoms with van der Waals surface area (Å²) in [5, 5.41) is 20.5. The molecule has 2 unspecified atom stereocenters. The Bertz CT molecular complexity index is 334. The second-order valence-corrected chi connectivity index (χ2v) is 8.05. The van der Waals surface area contributed by atoms with Gasteiger partial charge in [0.05, 0.1) is 25.4 Å². The van der Waals surface area contributed by atoms with Crippen molar-refractivity contribution in [3.05, 3.63) is 0 Å². The summed E-state index contributed by atoms with van der Waals surface area (Å²) in [4.78, 5) is 6.95. The number of rotatable bonds is 6. The average molecular weight is 329 g/mol. The molecule has 0 bridgehead atoms. The first-order chi connectivity index (χ1) is 10.8. The van der Waals surface area contributed by atoms with Crippen LogP contribution in [0.2, 0.25) is 0 Å². The van der Waals surface area contributed by atoms with Crippen molar-refractivity contribution in [3.8, 4) is 0 Å². The minimum Gasteiger partial charge on any atom is -0.391 e. The molecule has 2 aliphatic heterocycles. The molecular weight excluding hydrogens is 294 g/mol. The third-order valence-corrected chi connectivity index (χ3v) is 4.94. The Balaban J connectivity index is 1.64. The van der Waals surface area contributed by atoms with Crippen LogP contribution < -0.4 is 0 Å². The van der Waals surface area contributed by atoms with Crippen LogP contribution in [0.4, 0.5) is 0 Å². The summed E-state index contributed by atoms with van der Waals surface area (Å²) < 4.78 is 5.34. The Hall–Kier alpha value is -0.240. The third-order valence-electron chi connectivity index (χ3n) is 4.94. The van der Waals surface area contributed by atoms with Gasteiger partial charge in [-0.05, 0) is 5.41 Å². The van der Waals surface area contributed by atoms with Crippen LogP contribution in [0.1, 0.15) is 20.8 Å². The molecule has 0 radical (unpaired) electrons. The Morgan fingerprint density at radius 1 is 0.783 bits per heavy atom. The van der Waals surface area contributed by atoms with Gasteiger partial charge in [-0.1, -0.05) is 20.8 Å². The fraction of sp³-hybridized carbons (Fsp3) is 1.00. The molecule has 2 N–H and O–H groups in total. The van der Waals surface area contributed by atoms with E-state index in [0.717, 1.165) is 72.1 Å². The van der Waals surface area contributed by atoms with Crippen LogP contribution in [0.5, 0.6) is 0 Å². The molecular formula is C17H35N3O3. The molecule has 2 atom stereocenters. The van der Waals surface area contributed by atoms with Crippen molar-refractivity contribution in [3.63, 3.8) is 0 Å². The van der Waals surface area contributed by atoms with Crippen molar-refractivity contribution in [1.29, 1.82) is 0 Å². The van der Waals surface area contributed by atoms with E-state index < -0.39 is 0 Å². The van der Waals surface area contributed by atoms with Crippen LogP contribution in [-0.2, 0) is 4.74 Å². The molecule has 0 spiro atoms. The van der Waals surface area contributed by atoms with Crippen molar-refractivity contribution in [1.82, 2.24) is 14.7 Å². The SMILES string of the molecule is CC(C)(C)C(O)CN1CCN(CC(O)CN2CCOCC2)CC1. The molecule has 6 nitrogen and oxygen atoms in total. The largest absolute Gasteiger partial charge is 0.391 e. The maximum Gasteiger partial charge on any atom is 0.0793 e. The van der Waals surface area contributed by atoms with Crippen LogP contribution in [0.15, 0.2) is 0 Å². The molecule has 2 aliphatic rings. The second kappa shape index (κ2) is 8.74. The number of β-amino-alcohol motifs (C(OH)–C–C–N with tert-alkyl or cyclic N) is 2. The lowest BCUT2D eigenvalue weighted by Crippen LogP contribution is -2.52. The molecule has 0 aromatic carbocycles. The molecule has 0 amide bonds. The van der Waals surface area contributed by atoms with E-state index >= 15 is 0 Å². The zero-order valence-corrected chi connectivity index (χ0v) is 15.1. The van der Waals surface area contributed by atoms with Crippen molar-refractivity contribution in [2.45, 2.75) is 33.0 Å². The first-order valence-corrected chi connectivity index (χ1v) is 8.95. The zero-order valence-electron chi connectivity index (χ0n) is 15.1. The topological polar surface area (TPSA) is 59.4 Å². The molecule has 23 heavy (non-hydrogen) atoms. The van der Waals surface area contributed by atoms with Gasteiger partial charge in [0.1, 0.15) is 0 Å². The summed E-state index contributed by atoms with van der Waals surface area (Å²) >= 11 is 0. The normalized spacial score (nSPS) is 25.4. The number of hydrogen-bond acceptors (Lipinski definition) is 6. The highest BCUT2D eigenvalue weighted by molar-refractivity contribution is 4.81. The zero-order chi connectivity index (χ0) is 16.9. The van der Waals surface area contributed by atoms with E-state index in [0.29, 0.717) is 0 Å². The highest BCUT2D eigenvalue weighted by atomic mass is 16.5. The standard InChI is InChI=1S/C17H35N3O3/c1-17(2,3)16(22)14-19-6-4-18(5-7-19)12-15(21)13-20-8-10-23-11-9-20/h15-16,21-22H,4-14H2,1-3H3.